The molecule has 0 radical (unpaired) electrons. The van der Waals surface area contributed by atoms with E-state index in [0.717, 1.165) is 13.1 Å². The Morgan fingerprint density at radius 2 is 1.43 bits per heavy atom. The van der Waals surface area contributed by atoms with Crippen molar-refractivity contribution >= 4 is 0 Å². The molecule has 0 rings (SSSR count). The Kier molecular flexibility index (Phi) is 7.98. The average molecular weight is 191 g/mol. The monoisotopic (exact) mass is 191 g/mol. The van der Waals surface area contributed by atoms with E-state index in [1.807, 2.05) is 26.0 Å². The van der Waals surface area contributed by atoms with Crippen LogP contribution in [0.2, 0.25) is 0 Å². The molecule has 1 nitrogen and oxygen atoms in total. The lowest BCUT2D eigenvalue weighted by atomic mass is 10.3. The Hall–Kier alpha value is -1.00. The quantitative estimate of drug-likeness (QED) is 0.603. The van der Waals surface area contributed by atoms with Crippen LogP contribution >= 0.6 is 0 Å². The first-order valence-electron chi connectivity index (χ1n) is 5.17. The zero-order chi connectivity index (χ0) is 10.8. The molecule has 0 saturated carbocycles. The molecule has 0 spiro atoms. The molecule has 0 aliphatic carbocycles. The van der Waals surface area contributed by atoms with Gasteiger partial charge in [0.25, 0.3) is 0 Å². The maximum atomic E-state index is 3.09. The molecule has 0 aromatic heterocycles. The van der Waals surface area contributed by atoms with E-state index < -0.39 is 0 Å². The molecule has 78 valence electrons. The van der Waals surface area contributed by atoms with Gasteiger partial charge in [0, 0.05) is 19.1 Å². The molecule has 0 amide bonds. The van der Waals surface area contributed by atoms with Gasteiger partial charge in [-0.1, -0.05) is 0 Å². The van der Waals surface area contributed by atoms with Gasteiger partial charge in [-0.15, -0.1) is 11.5 Å². The highest BCUT2D eigenvalue weighted by Gasteiger charge is 2.04. The average Bonchev–Trinajstić information content (AvgIpc) is 2.15. The minimum Gasteiger partial charge on any atom is -0.292 e. The Morgan fingerprint density at radius 1 is 1.00 bits per heavy atom. The second-order valence-electron chi connectivity index (χ2n) is 3.37. The third-order valence-corrected chi connectivity index (χ3v) is 1.95. The van der Waals surface area contributed by atoms with Gasteiger partial charge >= 0.3 is 0 Å². The van der Waals surface area contributed by atoms with Crippen molar-refractivity contribution in [3.8, 4) is 0 Å². The summed E-state index contributed by atoms with van der Waals surface area (Å²) < 4.78 is 0. The molecule has 0 fully saturated rings. The molecular weight excluding hydrogens is 170 g/mol. The number of rotatable bonds is 5. The highest BCUT2D eigenvalue weighted by molar-refractivity contribution is 4.90. The molecule has 0 aromatic carbocycles. The first-order valence-corrected chi connectivity index (χ1v) is 5.17. The Balaban J connectivity index is 4.16. The zero-order valence-electron chi connectivity index (χ0n) is 9.75. The lowest BCUT2D eigenvalue weighted by Gasteiger charge is -2.22. The molecule has 0 aliphatic rings. The van der Waals surface area contributed by atoms with Crippen molar-refractivity contribution in [1.82, 2.24) is 4.90 Å². The van der Waals surface area contributed by atoms with E-state index in [-0.39, 0.29) is 0 Å². The fraction of sp³-hybridized carbons (Fsp3) is 0.538. The molecule has 0 bridgehead atoms. The van der Waals surface area contributed by atoms with Crippen molar-refractivity contribution in [1.29, 1.82) is 0 Å². The van der Waals surface area contributed by atoms with Gasteiger partial charge in [0.1, 0.15) is 0 Å². The van der Waals surface area contributed by atoms with Crippen LogP contribution in [0.4, 0.5) is 0 Å². The fourth-order valence-electron chi connectivity index (χ4n) is 1.07. The van der Waals surface area contributed by atoms with E-state index in [4.69, 9.17) is 0 Å². The summed E-state index contributed by atoms with van der Waals surface area (Å²) in [5.41, 5.74) is 6.18. The van der Waals surface area contributed by atoms with Crippen LogP contribution in [0.15, 0.2) is 35.8 Å². The first-order chi connectivity index (χ1) is 6.72. The van der Waals surface area contributed by atoms with Gasteiger partial charge in [0.05, 0.1) is 0 Å². The van der Waals surface area contributed by atoms with Crippen LogP contribution in [-0.4, -0.2) is 24.0 Å². The Morgan fingerprint density at radius 3 is 1.71 bits per heavy atom. The number of hydrogen-bond donors (Lipinski definition) is 0. The Bertz CT molecular complexity index is 224. The SMILES string of the molecule is CC=C=CCN(CC=C=CC)C(C)C. The first kappa shape index (κ1) is 13.0. The van der Waals surface area contributed by atoms with Crippen LogP contribution < -0.4 is 0 Å². The van der Waals surface area contributed by atoms with E-state index in [1.54, 1.807) is 0 Å². The van der Waals surface area contributed by atoms with Crippen molar-refractivity contribution in [3.63, 3.8) is 0 Å². The molecule has 0 aliphatic heterocycles. The molecule has 14 heavy (non-hydrogen) atoms. The number of nitrogens with zero attached hydrogens (tertiary/aromatic N) is 1. The summed E-state index contributed by atoms with van der Waals surface area (Å²) in [4.78, 5) is 2.35. The predicted molar refractivity (Wildman–Crippen MR) is 63.4 cm³/mol. The van der Waals surface area contributed by atoms with Gasteiger partial charge in [-0.2, -0.15) is 0 Å². The third kappa shape index (κ3) is 6.51. The molecule has 1 heteroatoms. The van der Waals surface area contributed by atoms with Gasteiger partial charge in [0.2, 0.25) is 0 Å². The predicted octanol–water partition coefficient (Wildman–Crippen LogP) is 3.16. The lowest BCUT2D eigenvalue weighted by Crippen LogP contribution is -2.30. The van der Waals surface area contributed by atoms with Gasteiger partial charge in [-0.25, -0.2) is 0 Å². The van der Waals surface area contributed by atoms with E-state index in [9.17, 15) is 0 Å². The molecule has 0 heterocycles. The molecule has 0 N–H and O–H groups in total. The third-order valence-electron chi connectivity index (χ3n) is 1.95. The minimum atomic E-state index is 0.555. The Labute approximate surface area is 88.1 Å². The molecule has 0 unspecified atom stereocenters. The zero-order valence-corrected chi connectivity index (χ0v) is 9.75. The maximum Gasteiger partial charge on any atom is 0.0244 e. The highest BCUT2D eigenvalue weighted by atomic mass is 15.1. The summed E-state index contributed by atoms with van der Waals surface area (Å²) in [5.74, 6) is 0. The van der Waals surface area contributed by atoms with Crippen molar-refractivity contribution in [2.45, 2.75) is 33.7 Å². The summed E-state index contributed by atoms with van der Waals surface area (Å²) in [6.07, 6.45) is 7.98. The summed E-state index contributed by atoms with van der Waals surface area (Å²) >= 11 is 0. The summed E-state index contributed by atoms with van der Waals surface area (Å²) in [5, 5.41) is 0. The minimum absolute atomic E-state index is 0.555. The van der Waals surface area contributed by atoms with E-state index in [2.05, 4.69) is 42.4 Å². The fourth-order valence-corrected chi connectivity index (χ4v) is 1.07. The molecule has 0 aromatic rings. The van der Waals surface area contributed by atoms with Gasteiger partial charge < -0.3 is 0 Å². The topological polar surface area (TPSA) is 3.24 Å². The van der Waals surface area contributed by atoms with Crippen LogP contribution in [0, 0.1) is 0 Å². The smallest absolute Gasteiger partial charge is 0.0244 e. The second-order valence-corrected chi connectivity index (χ2v) is 3.37. The van der Waals surface area contributed by atoms with Crippen LogP contribution in [0.1, 0.15) is 27.7 Å². The van der Waals surface area contributed by atoms with E-state index in [0.29, 0.717) is 6.04 Å². The maximum absolute atomic E-state index is 3.09. The largest absolute Gasteiger partial charge is 0.292 e. The van der Waals surface area contributed by atoms with Gasteiger partial charge in [0.15, 0.2) is 0 Å². The number of hydrogen-bond acceptors (Lipinski definition) is 1. The van der Waals surface area contributed by atoms with E-state index >= 15 is 0 Å². The summed E-state index contributed by atoms with van der Waals surface area (Å²) in [6.45, 7) is 10.3. The molecule has 0 saturated heterocycles. The lowest BCUT2D eigenvalue weighted by molar-refractivity contribution is 0.273. The normalized spacial score (nSPS) is 9.29. The van der Waals surface area contributed by atoms with Gasteiger partial charge in [-0.3, -0.25) is 4.90 Å². The highest BCUT2D eigenvalue weighted by Crippen LogP contribution is 1.97. The van der Waals surface area contributed by atoms with Crippen LogP contribution in [0.5, 0.6) is 0 Å². The summed E-state index contributed by atoms with van der Waals surface area (Å²) in [7, 11) is 0. The molecular formula is C13H21N. The van der Waals surface area contributed by atoms with Crippen molar-refractivity contribution in [2.24, 2.45) is 0 Å². The van der Waals surface area contributed by atoms with Crippen molar-refractivity contribution in [2.75, 3.05) is 13.1 Å². The van der Waals surface area contributed by atoms with E-state index in [1.165, 1.54) is 0 Å². The van der Waals surface area contributed by atoms with Crippen molar-refractivity contribution in [3.05, 3.63) is 35.8 Å². The molecule has 0 atom stereocenters. The van der Waals surface area contributed by atoms with Crippen LogP contribution in [0.25, 0.3) is 0 Å². The van der Waals surface area contributed by atoms with Crippen LogP contribution in [-0.2, 0) is 0 Å². The van der Waals surface area contributed by atoms with Crippen molar-refractivity contribution < 1.29 is 0 Å². The van der Waals surface area contributed by atoms with Crippen LogP contribution in [0.3, 0.4) is 0 Å². The van der Waals surface area contributed by atoms with Gasteiger partial charge in [-0.05, 0) is 52.0 Å². The standard InChI is InChI=1S/C13H21N/c1-5-7-9-11-14(13(3)4)12-10-8-6-2/h5-6,9-10,13H,11-12H2,1-4H3. The second kappa shape index (κ2) is 8.59. The summed E-state index contributed by atoms with van der Waals surface area (Å²) in [6, 6.07) is 0.555.